The molecule has 0 radical (unpaired) electrons. The molecular weight excluding hydrogens is 386 g/mol. The number of hydrogen-bond acceptors (Lipinski definition) is 7. The summed E-state index contributed by atoms with van der Waals surface area (Å²) in [6.07, 6.45) is 5.23. The highest BCUT2D eigenvalue weighted by Gasteiger charge is 2.23. The fraction of sp³-hybridized carbons (Fsp3) is 0.450. The summed E-state index contributed by atoms with van der Waals surface area (Å²) in [7, 11) is 3.87. The molecule has 0 aliphatic heterocycles. The van der Waals surface area contributed by atoms with Gasteiger partial charge in [0.1, 0.15) is 5.82 Å². The van der Waals surface area contributed by atoms with Crippen LogP contribution in [0.15, 0.2) is 30.5 Å². The molecule has 1 aromatic carbocycles. The first-order chi connectivity index (χ1) is 14.3. The van der Waals surface area contributed by atoms with E-state index in [1.54, 1.807) is 19.2 Å². The normalized spacial score (nSPS) is 18.4. The minimum atomic E-state index is -0.453. The van der Waals surface area contributed by atoms with Gasteiger partial charge < -0.3 is 20.9 Å². The van der Waals surface area contributed by atoms with Crippen molar-refractivity contribution < 1.29 is 9.72 Å². The number of nitrogens with zero attached hydrogens (tertiary/aromatic N) is 4. The van der Waals surface area contributed by atoms with Crippen LogP contribution >= 0.6 is 0 Å². The Balaban J connectivity index is 1.47. The van der Waals surface area contributed by atoms with Gasteiger partial charge >= 0.3 is 6.03 Å². The molecule has 30 heavy (non-hydrogen) atoms. The zero-order chi connectivity index (χ0) is 21.7. The van der Waals surface area contributed by atoms with Crippen molar-refractivity contribution in [1.29, 1.82) is 0 Å². The van der Waals surface area contributed by atoms with Crippen LogP contribution in [0, 0.1) is 17.0 Å². The molecule has 0 unspecified atom stereocenters. The van der Waals surface area contributed by atoms with Crippen molar-refractivity contribution in [3.05, 3.63) is 46.1 Å². The predicted molar refractivity (Wildman–Crippen MR) is 116 cm³/mol. The van der Waals surface area contributed by atoms with Gasteiger partial charge in [-0.15, -0.1) is 0 Å². The number of hydrogen-bond donors (Lipinski definition) is 3. The summed E-state index contributed by atoms with van der Waals surface area (Å²) in [6.45, 7) is 1.73. The molecule has 0 atom stereocenters. The second kappa shape index (κ2) is 9.38. The number of non-ortho nitro benzene ring substituents is 1. The number of carbonyl (C=O) groups is 1. The summed E-state index contributed by atoms with van der Waals surface area (Å²) in [6, 6.07) is 6.28. The van der Waals surface area contributed by atoms with E-state index in [0.29, 0.717) is 17.2 Å². The summed E-state index contributed by atoms with van der Waals surface area (Å²) in [5.74, 6) is 1.46. The van der Waals surface area contributed by atoms with Gasteiger partial charge in [-0.05, 0) is 50.3 Å². The molecule has 3 N–H and O–H groups in total. The lowest BCUT2D eigenvalue weighted by molar-refractivity contribution is -0.384. The lowest BCUT2D eigenvalue weighted by atomic mass is 9.91. The van der Waals surface area contributed by atoms with E-state index in [2.05, 4.69) is 25.9 Å². The summed E-state index contributed by atoms with van der Waals surface area (Å²) < 4.78 is 0. The molecule has 1 saturated carbocycles. The van der Waals surface area contributed by atoms with E-state index in [1.807, 2.05) is 25.1 Å². The van der Waals surface area contributed by atoms with E-state index in [0.717, 1.165) is 31.5 Å². The number of rotatable bonds is 6. The van der Waals surface area contributed by atoms with Crippen LogP contribution in [0.1, 0.15) is 31.2 Å². The highest BCUT2D eigenvalue weighted by atomic mass is 16.6. The van der Waals surface area contributed by atoms with Crippen LogP contribution in [-0.4, -0.2) is 47.1 Å². The number of benzene rings is 1. The van der Waals surface area contributed by atoms with Crippen LogP contribution in [-0.2, 0) is 0 Å². The van der Waals surface area contributed by atoms with Crippen LogP contribution in [0.4, 0.5) is 27.9 Å². The standard InChI is InChI=1S/C20H27N7O3/c1-13-12-16(27(29)30)8-9-17(13)24-20(28)23-15-6-4-14(5-7-15)22-19-21-11-10-18(25-19)26(2)3/h8-12,14-15H,4-7H2,1-3H3,(H,21,22,25)(H2,23,24,28). The SMILES string of the molecule is Cc1cc([N+](=O)[O-])ccc1NC(=O)NC1CCC(Nc2nccc(N(C)C)n2)CC1. The molecule has 10 nitrogen and oxygen atoms in total. The minimum absolute atomic E-state index is 0.00405. The molecule has 0 spiro atoms. The zero-order valence-corrected chi connectivity index (χ0v) is 17.4. The van der Waals surface area contributed by atoms with Crippen LogP contribution in [0.3, 0.4) is 0 Å². The summed E-state index contributed by atoms with van der Waals surface area (Å²) in [4.78, 5) is 33.4. The maximum Gasteiger partial charge on any atom is 0.319 e. The van der Waals surface area contributed by atoms with E-state index in [4.69, 9.17) is 0 Å². The number of amides is 2. The summed E-state index contributed by atoms with van der Waals surface area (Å²) in [5, 5.41) is 20.0. The van der Waals surface area contributed by atoms with Crippen molar-refractivity contribution in [2.75, 3.05) is 29.6 Å². The highest BCUT2D eigenvalue weighted by molar-refractivity contribution is 5.90. The highest BCUT2D eigenvalue weighted by Crippen LogP contribution is 2.23. The van der Waals surface area contributed by atoms with E-state index < -0.39 is 4.92 Å². The molecule has 3 rings (SSSR count). The van der Waals surface area contributed by atoms with Gasteiger partial charge in [-0.1, -0.05) is 0 Å². The van der Waals surface area contributed by atoms with Gasteiger partial charge in [0, 0.05) is 50.2 Å². The molecule has 10 heteroatoms. The van der Waals surface area contributed by atoms with Crippen molar-refractivity contribution in [2.45, 2.75) is 44.7 Å². The van der Waals surface area contributed by atoms with Crippen molar-refractivity contribution in [2.24, 2.45) is 0 Å². The van der Waals surface area contributed by atoms with E-state index in [1.165, 1.54) is 12.1 Å². The Morgan fingerprint density at radius 2 is 1.87 bits per heavy atom. The fourth-order valence-electron chi connectivity index (χ4n) is 3.48. The number of nitro benzene ring substituents is 1. The van der Waals surface area contributed by atoms with E-state index in [-0.39, 0.29) is 23.8 Å². The largest absolute Gasteiger partial charge is 0.363 e. The van der Waals surface area contributed by atoms with Crippen molar-refractivity contribution in [3.8, 4) is 0 Å². The van der Waals surface area contributed by atoms with E-state index in [9.17, 15) is 14.9 Å². The number of urea groups is 1. The van der Waals surface area contributed by atoms with Gasteiger partial charge in [0.25, 0.3) is 5.69 Å². The van der Waals surface area contributed by atoms with Crippen LogP contribution in [0.5, 0.6) is 0 Å². The smallest absolute Gasteiger partial charge is 0.319 e. The Bertz CT molecular complexity index is 911. The van der Waals surface area contributed by atoms with Crippen molar-refractivity contribution in [1.82, 2.24) is 15.3 Å². The molecule has 2 amide bonds. The first kappa shape index (κ1) is 21.3. The lowest BCUT2D eigenvalue weighted by Gasteiger charge is -2.29. The Kier molecular flexibility index (Phi) is 6.65. The summed E-state index contributed by atoms with van der Waals surface area (Å²) in [5.41, 5.74) is 1.21. The molecule has 1 fully saturated rings. The molecule has 2 aromatic rings. The molecule has 1 aromatic heterocycles. The third-order valence-corrected chi connectivity index (χ3v) is 5.16. The monoisotopic (exact) mass is 413 g/mol. The summed E-state index contributed by atoms with van der Waals surface area (Å²) >= 11 is 0. The third-order valence-electron chi connectivity index (χ3n) is 5.16. The van der Waals surface area contributed by atoms with E-state index >= 15 is 0 Å². The molecule has 160 valence electrons. The minimum Gasteiger partial charge on any atom is -0.363 e. The average Bonchev–Trinajstić information content (AvgIpc) is 2.71. The number of carbonyl (C=O) groups excluding carboxylic acids is 1. The zero-order valence-electron chi connectivity index (χ0n) is 17.4. The number of nitro groups is 1. The van der Waals surface area contributed by atoms with Crippen molar-refractivity contribution in [3.63, 3.8) is 0 Å². The van der Waals surface area contributed by atoms with Gasteiger partial charge in [-0.25, -0.2) is 9.78 Å². The number of nitrogens with one attached hydrogen (secondary N) is 3. The maximum absolute atomic E-state index is 12.3. The molecule has 1 aliphatic rings. The second-order valence-corrected chi connectivity index (χ2v) is 7.68. The van der Waals surface area contributed by atoms with Gasteiger partial charge in [-0.2, -0.15) is 4.98 Å². The van der Waals surface area contributed by atoms with Gasteiger partial charge in [0.15, 0.2) is 0 Å². The first-order valence-electron chi connectivity index (χ1n) is 9.91. The number of aryl methyl sites for hydroxylation is 1. The fourth-order valence-corrected chi connectivity index (χ4v) is 3.48. The molecule has 1 heterocycles. The van der Waals surface area contributed by atoms with Gasteiger partial charge in [0.05, 0.1) is 4.92 Å². The quantitative estimate of drug-likeness (QED) is 0.490. The number of aromatic nitrogens is 2. The Hall–Kier alpha value is -3.43. The van der Waals surface area contributed by atoms with Gasteiger partial charge in [0.2, 0.25) is 5.95 Å². The first-order valence-corrected chi connectivity index (χ1v) is 9.91. The topological polar surface area (TPSA) is 125 Å². The van der Waals surface area contributed by atoms with Gasteiger partial charge in [-0.3, -0.25) is 10.1 Å². The molecule has 0 bridgehead atoms. The van der Waals surface area contributed by atoms with Crippen LogP contribution in [0.2, 0.25) is 0 Å². The Morgan fingerprint density at radius 1 is 1.17 bits per heavy atom. The van der Waals surface area contributed by atoms with Crippen molar-refractivity contribution >= 4 is 29.2 Å². The number of anilines is 3. The van der Waals surface area contributed by atoms with Crippen LogP contribution in [0.25, 0.3) is 0 Å². The third kappa shape index (κ3) is 5.56. The second-order valence-electron chi connectivity index (χ2n) is 7.68. The predicted octanol–water partition coefficient (Wildman–Crippen LogP) is 3.30. The molecular formula is C20H27N7O3. The Labute approximate surface area is 175 Å². The maximum atomic E-state index is 12.3. The molecule has 0 saturated heterocycles. The average molecular weight is 413 g/mol. The Morgan fingerprint density at radius 3 is 2.50 bits per heavy atom. The van der Waals surface area contributed by atoms with Crippen LogP contribution < -0.4 is 20.9 Å². The lowest BCUT2D eigenvalue weighted by Crippen LogP contribution is -2.42. The molecule has 1 aliphatic carbocycles.